The molecular weight excluding hydrogens is 234 g/mol. The zero-order valence-electron chi connectivity index (χ0n) is 11.7. The molecule has 0 aromatic carbocycles. The molecule has 0 bridgehead atoms. The summed E-state index contributed by atoms with van der Waals surface area (Å²) in [5.41, 5.74) is 0.478. The molecule has 1 aromatic rings. The minimum Gasteiger partial charge on any atom is -0.455 e. The van der Waals surface area contributed by atoms with Crippen LogP contribution in [0.25, 0.3) is 0 Å². The molecule has 0 aliphatic heterocycles. The lowest BCUT2D eigenvalue weighted by atomic mass is 10.2. The minimum atomic E-state index is -0.524. The van der Waals surface area contributed by atoms with Crippen molar-refractivity contribution in [3.63, 3.8) is 0 Å². The number of carbonyl (C=O) groups excluding carboxylic acids is 1. The summed E-state index contributed by atoms with van der Waals surface area (Å²) in [5, 5.41) is 7.83. The van der Waals surface area contributed by atoms with E-state index in [0.29, 0.717) is 13.2 Å². The lowest BCUT2D eigenvalue weighted by Crippen LogP contribution is -2.24. The highest BCUT2D eigenvalue weighted by molar-refractivity contribution is 5.88. The smallest absolute Gasteiger partial charge is 0.361 e. The van der Waals surface area contributed by atoms with Gasteiger partial charge >= 0.3 is 5.97 Å². The molecular formula is C12H21N3O3. The molecule has 0 aliphatic carbocycles. The standard InChI is InChI=1S/C12H21N3O3/c1-9-10(11(16)18-12(2,3)4)13-14-15(9)7-6-8-17-5/h6-8H2,1-5H3. The Balaban J connectivity index is 2.71. The van der Waals surface area contributed by atoms with Gasteiger partial charge in [0, 0.05) is 20.3 Å². The Morgan fingerprint density at radius 1 is 1.39 bits per heavy atom. The first-order chi connectivity index (χ1) is 8.35. The fourth-order valence-corrected chi connectivity index (χ4v) is 1.45. The van der Waals surface area contributed by atoms with E-state index in [1.165, 1.54) is 0 Å². The molecule has 0 amide bonds. The second-order valence-corrected chi connectivity index (χ2v) is 5.09. The first-order valence-corrected chi connectivity index (χ1v) is 5.97. The van der Waals surface area contributed by atoms with Gasteiger partial charge in [-0.05, 0) is 34.1 Å². The van der Waals surface area contributed by atoms with E-state index in [2.05, 4.69) is 10.3 Å². The van der Waals surface area contributed by atoms with Crippen LogP contribution in [0.15, 0.2) is 0 Å². The third kappa shape index (κ3) is 4.10. The Morgan fingerprint density at radius 2 is 2.06 bits per heavy atom. The third-order valence-electron chi connectivity index (χ3n) is 2.29. The van der Waals surface area contributed by atoms with Crippen molar-refractivity contribution in [1.82, 2.24) is 15.0 Å². The maximum absolute atomic E-state index is 11.9. The van der Waals surface area contributed by atoms with Crippen molar-refractivity contribution in [2.75, 3.05) is 13.7 Å². The number of aryl methyl sites for hydroxylation is 1. The summed E-state index contributed by atoms with van der Waals surface area (Å²) in [4.78, 5) is 11.9. The van der Waals surface area contributed by atoms with E-state index < -0.39 is 11.6 Å². The molecule has 6 heteroatoms. The maximum atomic E-state index is 11.9. The molecule has 102 valence electrons. The van der Waals surface area contributed by atoms with E-state index in [4.69, 9.17) is 9.47 Å². The van der Waals surface area contributed by atoms with Crippen LogP contribution in [0.2, 0.25) is 0 Å². The topological polar surface area (TPSA) is 66.2 Å². The zero-order chi connectivity index (χ0) is 13.8. The molecule has 0 saturated carbocycles. The number of esters is 1. The van der Waals surface area contributed by atoms with Crippen molar-refractivity contribution in [2.45, 2.75) is 46.3 Å². The number of rotatable bonds is 5. The van der Waals surface area contributed by atoms with E-state index >= 15 is 0 Å². The summed E-state index contributed by atoms with van der Waals surface area (Å²) < 4.78 is 11.9. The predicted molar refractivity (Wildman–Crippen MR) is 66.4 cm³/mol. The summed E-state index contributed by atoms with van der Waals surface area (Å²) >= 11 is 0. The van der Waals surface area contributed by atoms with Gasteiger partial charge in [-0.2, -0.15) is 0 Å². The Kier molecular flexibility index (Phi) is 4.84. The second kappa shape index (κ2) is 5.95. The fourth-order valence-electron chi connectivity index (χ4n) is 1.45. The molecule has 1 heterocycles. The third-order valence-corrected chi connectivity index (χ3v) is 2.29. The zero-order valence-corrected chi connectivity index (χ0v) is 11.7. The highest BCUT2D eigenvalue weighted by Gasteiger charge is 2.23. The summed E-state index contributed by atoms with van der Waals surface area (Å²) in [6.45, 7) is 8.61. The first kappa shape index (κ1) is 14.6. The largest absolute Gasteiger partial charge is 0.455 e. The van der Waals surface area contributed by atoms with Gasteiger partial charge in [-0.3, -0.25) is 0 Å². The molecule has 0 fully saturated rings. The summed E-state index contributed by atoms with van der Waals surface area (Å²) in [7, 11) is 1.65. The van der Waals surface area contributed by atoms with Crippen molar-refractivity contribution >= 4 is 5.97 Å². The monoisotopic (exact) mass is 255 g/mol. The molecule has 0 atom stereocenters. The van der Waals surface area contributed by atoms with Crippen molar-refractivity contribution in [3.05, 3.63) is 11.4 Å². The molecule has 0 radical (unpaired) electrons. The number of carbonyl (C=O) groups is 1. The van der Waals surface area contributed by atoms with Crippen LogP contribution in [-0.2, 0) is 16.0 Å². The molecule has 0 saturated heterocycles. The van der Waals surface area contributed by atoms with E-state index in [1.54, 1.807) is 11.8 Å². The summed E-state index contributed by atoms with van der Waals surface area (Å²) in [6, 6.07) is 0. The lowest BCUT2D eigenvalue weighted by Gasteiger charge is -2.18. The van der Waals surface area contributed by atoms with Crippen molar-refractivity contribution in [3.8, 4) is 0 Å². The van der Waals surface area contributed by atoms with Crippen LogP contribution in [0.4, 0.5) is 0 Å². The van der Waals surface area contributed by atoms with Crippen molar-refractivity contribution < 1.29 is 14.3 Å². The molecule has 1 rings (SSSR count). The van der Waals surface area contributed by atoms with Crippen LogP contribution < -0.4 is 0 Å². The SMILES string of the molecule is COCCCn1nnc(C(=O)OC(C)(C)C)c1C. The molecule has 0 unspecified atom stereocenters. The average Bonchev–Trinajstić information content (AvgIpc) is 2.58. The minimum absolute atomic E-state index is 0.280. The van der Waals surface area contributed by atoms with E-state index in [1.807, 2.05) is 27.7 Å². The Labute approximate surface area is 107 Å². The second-order valence-electron chi connectivity index (χ2n) is 5.09. The maximum Gasteiger partial charge on any atom is 0.361 e. The lowest BCUT2D eigenvalue weighted by molar-refractivity contribution is 0.00619. The van der Waals surface area contributed by atoms with Crippen LogP contribution in [0.1, 0.15) is 43.4 Å². The fraction of sp³-hybridized carbons (Fsp3) is 0.750. The van der Waals surface area contributed by atoms with Crippen LogP contribution >= 0.6 is 0 Å². The molecule has 6 nitrogen and oxygen atoms in total. The van der Waals surface area contributed by atoms with Gasteiger partial charge in [0.2, 0.25) is 0 Å². The van der Waals surface area contributed by atoms with E-state index in [-0.39, 0.29) is 5.69 Å². The first-order valence-electron chi connectivity index (χ1n) is 5.97. The predicted octanol–water partition coefficient (Wildman–Crippen LogP) is 1.58. The Morgan fingerprint density at radius 3 is 2.61 bits per heavy atom. The van der Waals surface area contributed by atoms with E-state index in [9.17, 15) is 4.79 Å². The Hall–Kier alpha value is -1.43. The molecule has 0 N–H and O–H groups in total. The van der Waals surface area contributed by atoms with Gasteiger partial charge in [0.1, 0.15) is 5.60 Å². The van der Waals surface area contributed by atoms with Gasteiger partial charge in [-0.15, -0.1) is 5.10 Å². The van der Waals surface area contributed by atoms with Gasteiger partial charge in [0.25, 0.3) is 0 Å². The number of methoxy groups -OCH3 is 1. The average molecular weight is 255 g/mol. The van der Waals surface area contributed by atoms with Crippen molar-refractivity contribution in [2.24, 2.45) is 0 Å². The van der Waals surface area contributed by atoms with Crippen LogP contribution in [0.5, 0.6) is 0 Å². The number of ether oxygens (including phenoxy) is 2. The highest BCUT2D eigenvalue weighted by atomic mass is 16.6. The quantitative estimate of drug-likeness (QED) is 0.590. The highest BCUT2D eigenvalue weighted by Crippen LogP contribution is 2.13. The van der Waals surface area contributed by atoms with Gasteiger partial charge in [0.15, 0.2) is 5.69 Å². The number of nitrogens with zero attached hydrogens (tertiary/aromatic N) is 3. The number of hydrogen-bond acceptors (Lipinski definition) is 5. The Bertz CT molecular complexity index is 407. The van der Waals surface area contributed by atoms with E-state index in [0.717, 1.165) is 12.1 Å². The normalized spacial score (nSPS) is 11.6. The van der Waals surface area contributed by atoms with Gasteiger partial charge in [-0.1, -0.05) is 5.21 Å². The van der Waals surface area contributed by atoms with Crippen LogP contribution in [-0.4, -0.2) is 40.3 Å². The summed E-state index contributed by atoms with van der Waals surface area (Å²) in [5.74, 6) is -0.432. The van der Waals surface area contributed by atoms with Crippen LogP contribution in [0.3, 0.4) is 0 Å². The number of aromatic nitrogens is 3. The molecule has 0 aliphatic rings. The van der Waals surface area contributed by atoms with Crippen molar-refractivity contribution in [1.29, 1.82) is 0 Å². The van der Waals surface area contributed by atoms with Gasteiger partial charge < -0.3 is 9.47 Å². The van der Waals surface area contributed by atoms with Crippen LogP contribution in [0, 0.1) is 6.92 Å². The van der Waals surface area contributed by atoms with Gasteiger partial charge in [-0.25, -0.2) is 9.48 Å². The molecule has 18 heavy (non-hydrogen) atoms. The van der Waals surface area contributed by atoms with Gasteiger partial charge in [0.05, 0.1) is 5.69 Å². The molecule has 1 aromatic heterocycles. The summed E-state index contributed by atoms with van der Waals surface area (Å²) in [6.07, 6.45) is 0.828. The molecule has 0 spiro atoms. The number of hydrogen-bond donors (Lipinski definition) is 0.